The Morgan fingerprint density at radius 3 is 2.00 bits per heavy atom. The van der Waals surface area contributed by atoms with E-state index in [1.54, 1.807) is 7.11 Å². The highest BCUT2D eigenvalue weighted by Crippen LogP contribution is 2.34. The molecule has 1 saturated carbocycles. The molecule has 1 aliphatic rings. The van der Waals surface area contributed by atoms with E-state index in [9.17, 15) is 0 Å². The van der Waals surface area contributed by atoms with Crippen LogP contribution in [0.3, 0.4) is 0 Å². The molecule has 1 aliphatic carbocycles. The van der Waals surface area contributed by atoms with Gasteiger partial charge in [-0.25, -0.2) is 0 Å². The Bertz CT molecular complexity index is 763. The van der Waals surface area contributed by atoms with Crippen LogP contribution < -0.4 is 0 Å². The van der Waals surface area contributed by atoms with Crippen molar-refractivity contribution in [3.8, 4) is 0 Å². The molecule has 2 aromatic rings. The first-order chi connectivity index (χ1) is 15.8. The molecule has 3 rings (SSSR count). The second kappa shape index (κ2) is 14.3. The second-order valence-electron chi connectivity index (χ2n) is 9.85. The van der Waals surface area contributed by atoms with E-state index in [2.05, 4.69) is 67.6 Å². The van der Waals surface area contributed by atoms with Gasteiger partial charge in [0.25, 0.3) is 0 Å². The molecule has 0 radical (unpaired) electrons. The summed E-state index contributed by atoms with van der Waals surface area (Å²) in [4.78, 5) is 0. The quantitative estimate of drug-likeness (QED) is 0.287. The number of hydrogen-bond donors (Lipinski definition) is 0. The zero-order valence-corrected chi connectivity index (χ0v) is 20.5. The van der Waals surface area contributed by atoms with E-state index < -0.39 is 0 Å². The standard InChI is InChI=1S/C31H44O/c1-3-4-5-8-26-11-13-27(14-12-26)9-6-7-10-28-15-17-29(18-16-28)19-20-30-21-23-31(24-22-30)25-32-2/h5,8,11-14,21-24,28-29H,3-4,6-7,9-10,15-20,25H2,1-2H3/b8-5+/t28-,29-. The lowest BCUT2D eigenvalue weighted by atomic mass is 9.77. The first-order valence-electron chi connectivity index (χ1n) is 13.1. The van der Waals surface area contributed by atoms with Crippen molar-refractivity contribution in [1.29, 1.82) is 0 Å². The van der Waals surface area contributed by atoms with Crippen LogP contribution in [0, 0.1) is 11.8 Å². The van der Waals surface area contributed by atoms with Crippen molar-refractivity contribution >= 4 is 6.08 Å². The fraction of sp³-hybridized carbons (Fsp3) is 0.548. The molecule has 174 valence electrons. The molecule has 1 fully saturated rings. The predicted molar refractivity (Wildman–Crippen MR) is 139 cm³/mol. The van der Waals surface area contributed by atoms with Crippen molar-refractivity contribution in [1.82, 2.24) is 0 Å². The molecule has 0 bridgehead atoms. The second-order valence-corrected chi connectivity index (χ2v) is 9.85. The summed E-state index contributed by atoms with van der Waals surface area (Å²) in [6.07, 6.45) is 20.7. The molecule has 0 saturated heterocycles. The van der Waals surface area contributed by atoms with E-state index >= 15 is 0 Å². The number of ether oxygens (including phenoxy) is 1. The van der Waals surface area contributed by atoms with E-state index in [1.807, 2.05) is 0 Å². The van der Waals surface area contributed by atoms with E-state index in [0.717, 1.165) is 11.8 Å². The van der Waals surface area contributed by atoms with Gasteiger partial charge in [-0.1, -0.05) is 113 Å². The van der Waals surface area contributed by atoms with Gasteiger partial charge in [0.2, 0.25) is 0 Å². The van der Waals surface area contributed by atoms with Gasteiger partial charge in [-0.2, -0.15) is 0 Å². The van der Waals surface area contributed by atoms with Crippen LogP contribution in [0.15, 0.2) is 54.6 Å². The van der Waals surface area contributed by atoms with Gasteiger partial charge < -0.3 is 4.74 Å². The van der Waals surface area contributed by atoms with E-state index in [4.69, 9.17) is 4.74 Å². The minimum absolute atomic E-state index is 0.716. The van der Waals surface area contributed by atoms with Crippen LogP contribution in [0.4, 0.5) is 0 Å². The van der Waals surface area contributed by atoms with Crippen molar-refractivity contribution in [2.24, 2.45) is 11.8 Å². The Labute approximate surface area is 197 Å². The zero-order valence-electron chi connectivity index (χ0n) is 20.5. The Hall–Kier alpha value is -1.86. The van der Waals surface area contributed by atoms with Crippen molar-refractivity contribution in [2.75, 3.05) is 7.11 Å². The number of allylic oxidation sites excluding steroid dienone is 1. The molecule has 2 aromatic carbocycles. The summed E-state index contributed by atoms with van der Waals surface area (Å²) in [5.74, 6) is 1.92. The Morgan fingerprint density at radius 1 is 0.750 bits per heavy atom. The maximum absolute atomic E-state index is 5.21. The number of benzene rings is 2. The van der Waals surface area contributed by atoms with Crippen molar-refractivity contribution in [3.63, 3.8) is 0 Å². The molecule has 0 amide bonds. The monoisotopic (exact) mass is 432 g/mol. The number of aryl methyl sites for hydroxylation is 2. The first kappa shape index (κ1) is 24.8. The largest absolute Gasteiger partial charge is 0.380 e. The van der Waals surface area contributed by atoms with Gasteiger partial charge in [-0.05, 0) is 66.2 Å². The molecule has 32 heavy (non-hydrogen) atoms. The molecule has 0 aliphatic heterocycles. The minimum Gasteiger partial charge on any atom is -0.380 e. The number of unbranched alkanes of at least 4 members (excludes halogenated alkanes) is 2. The highest BCUT2D eigenvalue weighted by Gasteiger charge is 2.20. The summed E-state index contributed by atoms with van der Waals surface area (Å²) in [5.41, 5.74) is 5.59. The number of hydrogen-bond acceptors (Lipinski definition) is 1. The molecule has 0 unspecified atom stereocenters. The van der Waals surface area contributed by atoms with E-state index in [1.165, 1.54) is 99.3 Å². The lowest BCUT2D eigenvalue weighted by molar-refractivity contribution is 0.185. The van der Waals surface area contributed by atoms with Gasteiger partial charge in [0.05, 0.1) is 6.61 Å². The van der Waals surface area contributed by atoms with Crippen LogP contribution >= 0.6 is 0 Å². The third kappa shape index (κ3) is 8.94. The molecular weight excluding hydrogens is 388 g/mol. The lowest BCUT2D eigenvalue weighted by Gasteiger charge is -2.28. The van der Waals surface area contributed by atoms with Gasteiger partial charge in [-0.15, -0.1) is 0 Å². The first-order valence-corrected chi connectivity index (χ1v) is 13.1. The Morgan fingerprint density at radius 2 is 1.34 bits per heavy atom. The minimum atomic E-state index is 0.716. The summed E-state index contributed by atoms with van der Waals surface area (Å²) >= 11 is 0. The molecule has 1 nitrogen and oxygen atoms in total. The van der Waals surface area contributed by atoms with Crippen LogP contribution in [0.2, 0.25) is 0 Å². The van der Waals surface area contributed by atoms with Gasteiger partial charge in [-0.3, -0.25) is 0 Å². The summed E-state index contributed by atoms with van der Waals surface area (Å²) in [6, 6.07) is 18.2. The van der Waals surface area contributed by atoms with Gasteiger partial charge in [0.1, 0.15) is 0 Å². The fourth-order valence-corrected chi connectivity index (χ4v) is 5.09. The third-order valence-electron chi connectivity index (χ3n) is 7.21. The van der Waals surface area contributed by atoms with Crippen molar-refractivity contribution in [3.05, 3.63) is 76.9 Å². The maximum Gasteiger partial charge on any atom is 0.0713 e. The van der Waals surface area contributed by atoms with E-state index in [0.29, 0.717) is 6.61 Å². The van der Waals surface area contributed by atoms with Crippen molar-refractivity contribution in [2.45, 2.75) is 90.6 Å². The highest BCUT2D eigenvalue weighted by atomic mass is 16.5. The van der Waals surface area contributed by atoms with Crippen LogP contribution in [0.25, 0.3) is 6.08 Å². The topological polar surface area (TPSA) is 9.23 Å². The number of rotatable bonds is 13. The normalized spacial score (nSPS) is 18.9. The van der Waals surface area contributed by atoms with Crippen LogP contribution in [-0.4, -0.2) is 7.11 Å². The summed E-state index contributed by atoms with van der Waals surface area (Å²) in [7, 11) is 1.76. The van der Waals surface area contributed by atoms with E-state index in [-0.39, 0.29) is 0 Å². The van der Waals surface area contributed by atoms with Crippen molar-refractivity contribution < 1.29 is 4.74 Å². The Balaban J connectivity index is 1.26. The van der Waals surface area contributed by atoms with Crippen LogP contribution in [0.1, 0.15) is 93.4 Å². The van der Waals surface area contributed by atoms with Gasteiger partial charge in [0, 0.05) is 7.11 Å². The molecular formula is C31H44O. The fourth-order valence-electron chi connectivity index (χ4n) is 5.09. The summed E-state index contributed by atoms with van der Waals surface area (Å²) < 4.78 is 5.21. The molecule has 0 heterocycles. The third-order valence-corrected chi connectivity index (χ3v) is 7.21. The van der Waals surface area contributed by atoms with Gasteiger partial charge >= 0.3 is 0 Å². The molecule has 0 aromatic heterocycles. The smallest absolute Gasteiger partial charge is 0.0713 e. The zero-order chi connectivity index (χ0) is 22.4. The van der Waals surface area contributed by atoms with Gasteiger partial charge in [0.15, 0.2) is 0 Å². The molecule has 0 atom stereocenters. The Kier molecular flexibility index (Phi) is 11.1. The average Bonchev–Trinajstić information content (AvgIpc) is 2.83. The SMILES string of the molecule is CCC/C=C/c1ccc(CCCC[C@H]2CC[C@H](CCc3ccc(COC)cc3)CC2)cc1. The summed E-state index contributed by atoms with van der Waals surface area (Å²) in [5, 5.41) is 0. The summed E-state index contributed by atoms with van der Waals surface area (Å²) in [6.45, 7) is 2.94. The molecule has 1 heteroatoms. The van der Waals surface area contributed by atoms with Crippen LogP contribution in [-0.2, 0) is 24.2 Å². The highest BCUT2D eigenvalue weighted by molar-refractivity contribution is 5.49. The number of methoxy groups -OCH3 is 1. The predicted octanol–water partition coefficient (Wildman–Crippen LogP) is 8.80. The lowest BCUT2D eigenvalue weighted by Crippen LogP contribution is -2.15. The van der Waals surface area contributed by atoms with Crippen LogP contribution in [0.5, 0.6) is 0 Å². The molecule has 0 spiro atoms. The maximum atomic E-state index is 5.21. The average molecular weight is 433 g/mol. The molecule has 0 N–H and O–H groups in total.